The second-order valence-corrected chi connectivity index (χ2v) is 6.73. The summed E-state index contributed by atoms with van der Waals surface area (Å²) in [6.45, 7) is 0. The molecule has 0 aliphatic rings. The molecule has 2 aromatic carbocycles. The number of pyridine rings is 1. The zero-order valence-corrected chi connectivity index (χ0v) is 18.0. The van der Waals surface area contributed by atoms with Crippen molar-refractivity contribution >= 4 is 17.6 Å². The van der Waals surface area contributed by atoms with Crippen LogP contribution in [0, 0.1) is 0 Å². The lowest BCUT2D eigenvalue weighted by atomic mass is 10.1. The molecule has 0 fully saturated rings. The standard InChI is InChI=1S/C22H16F4N2O7/c1-32-13-4-6-15(16(9-13)33-2)34-17-7-11(22(23,24)25)8-18(35-26)19(17)20(29)28-12-3-5-14(21(30)31)27-10-12/h3-10H,1-2H3,(H,28,29)(H,30,31). The number of alkyl halides is 3. The summed E-state index contributed by atoms with van der Waals surface area (Å²) in [5.41, 5.74) is -2.42. The fraction of sp³-hybridized carbons (Fsp3) is 0.136. The molecule has 35 heavy (non-hydrogen) atoms. The minimum atomic E-state index is -4.93. The molecule has 0 saturated heterocycles. The number of carboxylic acid groups (broad SMARTS) is 1. The SMILES string of the molecule is COc1ccc(Oc2cc(C(F)(F)F)cc(OF)c2C(=O)Nc2ccc(C(=O)O)nc2)c(OC)c1. The number of benzene rings is 2. The molecule has 0 unspecified atom stereocenters. The molecular formula is C22H16F4N2O7. The number of amides is 1. The predicted molar refractivity (Wildman–Crippen MR) is 112 cm³/mol. The van der Waals surface area contributed by atoms with Gasteiger partial charge in [0.05, 0.1) is 31.7 Å². The van der Waals surface area contributed by atoms with E-state index in [0.717, 1.165) is 12.3 Å². The van der Waals surface area contributed by atoms with Gasteiger partial charge in [-0.25, -0.2) is 9.78 Å². The molecule has 13 heteroatoms. The molecule has 0 aliphatic carbocycles. The highest BCUT2D eigenvalue weighted by Gasteiger charge is 2.35. The molecule has 1 heterocycles. The molecular weight excluding hydrogens is 480 g/mol. The molecule has 1 amide bonds. The Morgan fingerprint density at radius 1 is 0.943 bits per heavy atom. The van der Waals surface area contributed by atoms with E-state index in [1.54, 1.807) is 0 Å². The molecule has 0 aliphatic heterocycles. The van der Waals surface area contributed by atoms with Gasteiger partial charge in [-0.15, -0.1) is 0 Å². The molecule has 3 aromatic rings. The number of carbonyl (C=O) groups excluding carboxylic acids is 1. The normalized spacial score (nSPS) is 10.9. The largest absolute Gasteiger partial charge is 0.497 e. The molecule has 0 atom stereocenters. The monoisotopic (exact) mass is 496 g/mol. The van der Waals surface area contributed by atoms with E-state index in [9.17, 15) is 27.3 Å². The van der Waals surface area contributed by atoms with Gasteiger partial charge in [0.15, 0.2) is 17.2 Å². The molecule has 0 saturated carbocycles. The van der Waals surface area contributed by atoms with Gasteiger partial charge >= 0.3 is 12.1 Å². The van der Waals surface area contributed by atoms with Crippen LogP contribution in [-0.2, 0) is 6.18 Å². The lowest BCUT2D eigenvalue weighted by Crippen LogP contribution is -2.16. The summed E-state index contributed by atoms with van der Waals surface area (Å²) in [7, 11) is 2.65. The van der Waals surface area contributed by atoms with Crippen molar-refractivity contribution in [1.82, 2.24) is 4.98 Å². The zero-order valence-electron chi connectivity index (χ0n) is 18.0. The quantitative estimate of drug-likeness (QED) is 0.413. The molecule has 9 nitrogen and oxygen atoms in total. The Kier molecular flexibility index (Phi) is 7.28. The highest BCUT2D eigenvalue weighted by atomic mass is 19.4. The van der Waals surface area contributed by atoms with Crippen molar-refractivity contribution in [2.45, 2.75) is 6.18 Å². The number of aromatic carboxylic acids is 1. The van der Waals surface area contributed by atoms with Crippen LogP contribution in [-0.4, -0.2) is 36.2 Å². The molecule has 0 radical (unpaired) electrons. The summed E-state index contributed by atoms with van der Waals surface area (Å²) in [5.74, 6) is -3.94. The van der Waals surface area contributed by atoms with Gasteiger partial charge < -0.3 is 24.6 Å². The maximum atomic E-state index is 13.4. The summed E-state index contributed by atoms with van der Waals surface area (Å²) < 4.78 is 69.3. The maximum Gasteiger partial charge on any atom is 0.416 e. The second-order valence-electron chi connectivity index (χ2n) is 6.73. The Morgan fingerprint density at radius 3 is 2.20 bits per heavy atom. The van der Waals surface area contributed by atoms with Crippen LogP contribution in [0.2, 0.25) is 0 Å². The highest BCUT2D eigenvalue weighted by Crippen LogP contribution is 2.42. The minimum absolute atomic E-state index is 0.0299. The molecule has 1 aromatic heterocycles. The van der Waals surface area contributed by atoms with Crippen molar-refractivity contribution in [3.05, 3.63) is 65.5 Å². The number of nitrogens with one attached hydrogen (secondary N) is 1. The summed E-state index contributed by atoms with van der Waals surface area (Å²) in [5, 5.41) is 11.2. The molecule has 184 valence electrons. The van der Waals surface area contributed by atoms with Gasteiger partial charge in [0.1, 0.15) is 22.8 Å². The number of anilines is 1. The summed E-state index contributed by atoms with van der Waals surface area (Å²) in [6.07, 6.45) is -3.94. The Labute approximate surface area is 194 Å². The maximum absolute atomic E-state index is 13.4. The number of hydrogen-bond donors (Lipinski definition) is 2. The molecule has 0 spiro atoms. The van der Waals surface area contributed by atoms with Crippen LogP contribution in [0.25, 0.3) is 0 Å². The Bertz CT molecular complexity index is 1250. The second kappa shape index (κ2) is 10.2. The van der Waals surface area contributed by atoms with Crippen molar-refractivity contribution in [3.8, 4) is 28.7 Å². The average Bonchev–Trinajstić information content (AvgIpc) is 2.83. The highest BCUT2D eigenvalue weighted by molar-refractivity contribution is 6.08. The fourth-order valence-electron chi connectivity index (χ4n) is 2.88. The van der Waals surface area contributed by atoms with E-state index in [-0.39, 0.29) is 22.9 Å². The summed E-state index contributed by atoms with van der Waals surface area (Å²) >= 11 is 0. The Morgan fingerprint density at radius 2 is 1.66 bits per heavy atom. The fourth-order valence-corrected chi connectivity index (χ4v) is 2.88. The van der Waals surface area contributed by atoms with Gasteiger partial charge in [-0.2, -0.15) is 13.2 Å². The lowest BCUT2D eigenvalue weighted by molar-refractivity contribution is -0.138. The smallest absolute Gasteiger partial charge is 0.416 e. The van der Waals surface area contributed by atoms with E-state index >= 15 is 0 Å². The first-order chi connectivity index (χ1) is 16.6. The van der Waals surface area contributed by atoms with Gasteiger partial charge in [0.25, 0.3) is 5.91 Å². The Balaban J connectivity index is 2.09. The molecule has 0 bridgehead atoms. The first-order valence-electron chi connectivity index (χ1n) is 9.51. The van der Waals surface area contributed by atoms with Crippen LogP contribution in [0.4, 0.5) is 23.4 Å². The van der Waals surface area contributed by atoms with E-state index in [0.29, 0.717) is 17.9 Å². The number of methoxy groups -OCH3 is 2. The zero-order chi connectivity index (χ0) is 25.8. The van der Waals surface area contributed by atoms with Crippen LogP contribution in [0.15, 0.2) is 48.7 Å². The first kappa shape index (κ1) is 25.1. The molecule has 2 N–H and O–H groups in total. The van der Waals surface area contributed by atoms with Crippen LogP contribution < -0.4 is 24.5 Å². The third-order valence-corrected chi connectivity index (χ3v) is 4.53. The number of ether oxygens (including phenoxy) is 3. The number of halogens is 4. The van der Waals surface area contributed by atoms with E-state index in [4.69, 9.17) is 19.3 Å². The van der Waals surface area contributed by atoms with Gasteiger partial charge in [0, 0.05) is 10.6 Å². The van der Waals surface area contributed by atoms with Crippen molar-refractivity contribution in [2.24, 2.45) is 0 Å². The van der Waals surface area contributed by atoms with Crippen molar-refractivity contribution in [1.29, 1.82) is 0 Å². The third-order valence-electron chi connectivity index (χ3n) is 4.53. The topological polar surface area (TPSA) is 116 Å². The average molecular weight is 496 g/mol. The van der Waals surface area contributed by atoms with E-state index in [1.807, 2.05) is 0 Å². The number of nitrogens with zero attached hydrogens (tertiary/aromatic N) is 1. The third kappa shape index (κ3) is 5.69. The summed E-state index contributed by atoms with van der Waals surface area (Å²) in [6, 6.07) is 7.16. The predicted octanol–water partition coefficient (Wildman–Crippen LogP) is 5.12. The van der Waals surface area contributed by atoms with Crippen molar-refractivity contribution in [3.63, 3.8) is 0 Å². The molecule has 3 rings (SSSR count). The summed E-state index contributed by atoms with van der Waals surface area (Å²) in [4.78, 5) is 31.0. The van der Waals surface area contributed by atoms with E-state index in [1.165, 1.54) is 38.5 Å². The van der Waals surface area contributed by atoms with E-state index in [2.05, 4.69) is 15.2 Å². The van der Waals surface area contributed by atoms with Crippen LogP contribution in [0.3, 0.4) is 0 Å². The lowest BCUT2D eigenvalue weighted by Gasteiger charge is -2.17. The number of rotatable bonds is 8. The Hall–Kier alpha value is -4.55. The van der Waals surface area contributed by atoms with Crippen LogP contribution in [0.1, 0.15) is 26.4 Å². The number of carboxylic acids is 1. The van der Waals surface area contributed by atoms with E-state index < -0.39 is 40.7 Å². The van der Waals surface area contributed by atoms with Crippen molar-refractivity contribution < 1.29 is 51.5 Å². The first-order valence-corrected chi connectivity index (χ1v) is 9.51. The van der Waals surface area contributed by atoms with Crippen LogP contribution >= 0.6 is 0 Å². The van der Waals surface area contributed by atoms with Crippen LogP contribution in [0.5, 0.6) is 28.7 Å². The minimum Gasteiger partial charge on any atom is -0.497 e. The van der Waals surface area contributed by atoms with Gasteiger partial charge in [0.2, 0.25) is 0 Å². The number of carbonyl (C=O) groups is 2. The van der Waals surface area contributed by atoms with Crippen molar-refractivity contribution in [2.75, 3.05) is 19.5 Å². The van der Waals surface area contributed by atoms with Gasteiger partial charge in [-0.1, -0.05) is 0 Å². The number of hydrogen-bond acceptors (Lipinski definition) is 7. The van der Waals surface area contributed by atoms with Gasteiger partial charge in [-0.05, 0) is 36.4 Å². The number of aromatic nitrogens is 1. The van der Waals surface area contributed by atoms with Gasteiger partial charge in [-0.3, -0.25) is 9.74 Å².